The number of anilines is 3. The third kappa shape index (κ3) is 5.56. The Balaban J connectivity index is 1.05. The lowest BCUT2D eigenvalue weighted by Gasteiger charge is -2.50. The van der Waals surface area contributed by atoms with Gasteiger partial charge in [-0.15, -0.1) is 0 Å². The minimum absolute atomic E-state index is 0.532. The van der Waals surface area contributed by atoms with Gasteiger partial charge in [0, 0.05) is 17.1 Å². The van der Waals surface area contributed by atoms with Crippen LogP contribution in [0.2, 0.25) is 0 Å². The van der Waals surface area contributed by atoms with Gasteiger partial charge in [-0.25, -0.2) is 0 Å². The highest BCUT2D eigenvalue weighted by Gasteiger charge is 2.56. The maximum Gasteiger partial charge on any atom is 0.0720 e. The number of fused-ring (bicyclic) bond motifs is 9. The SMILES string of the molecule is c1ccc(N(c2ccccc2)c2cccc(-c3cccc(-c4ccc5c(c4)C4(c6ccccc6-5)c5ccccc5C(c5ccccc5)(c5ccccc5)c5ccccc54)c3)c2)cc1. The van der Waals surface area contributed by atoms with Crippen molar-refractivity contribution in [2.75, 3.05) is 4.90 Å². The van der Waals surface area contributed by atoms with E-state index in [-0.39, 0.29) is 0 Å². The van der Waals surface area contributed by atoms with E-state index < -0.39 is 10.8 Å². The standard InChI is InChI=1S/C62H43N/c1-5-24-48(25-6-1)61(49-26-7-2-8-27-49)56-35-15-17-37-58(56)62(59-38-18-16-36-57(59)61)55-34-14-13-33-53(55)54-40-39-47(43-60(54)62)45-22-19-21-44(41-45)46-23-20-32-52(42-46)63(50-28-9-3-10-29-50)51-30-11-4-12-31-51/h1-43H. The summed E-state index contributed by atoms with van der Waals surface area (Å²) in [6, 6.07) is 96.4. The second kappa shape index (κ2) is 14.9. The maximum absolute atomic E-state index is 2.50. The van der Waals surface area contributed by atoms with Gasteiger partial charge in [0.05, 0.1) is 10.8 Å². The average Bonchev–Trinajstić information content (AvgIpc) is 3.66. The smallest absolute Gasteiger partial charge is 0.0720 e. The number of benzene rings is 10. The van der Waals surface area contributed by atoms with Gasteiger partial charge in [0.25, 0.3) is 0 Å². The average molecular weight is 802 g/mol. The molecular formula is C62H43N. The van der Waals surface area contributed by atoms with Crippen molar-refractivity contribution in [3.8, 4) is 33.4 Å². The molecule has 0 unspecified atom stereocenters. The van der Waals surface area contributed by atoms with Crippen LogP contribution in [0.25, 0.3) is 33.4 Å². The maximum atomic E-state index is 2.50. The van der Waals surface area contributed by atoms with Crippen LogP contribution in [0.5, 0.6) is 0 Å². The van der Waals surface area contributed by atoms with Crippen molar-refractivity contribution in [1.29, 1.82) is 0 Å². The Morgan fingerprint density at radius 3 is 1.14 bits per heavy atom. The number of rotatable bonds is 7. The molecular weight excluding hydrogens is 759 g/mol. The van der Waals surface area contributed by atoms with E-state index in [1.54, 1.807) is 0 Å². The zero-order chi connectivity index (χ0) is 41.8. The number of nitrogens with zero attached hydrogens (tertiary/aromatic N) is 1. The highest BCUT2D eigenvalue weighted by Crippen LogP contribution is 2.64. The van der Waals surface area contributed by atoms with Crippen molar-refractivity contribution < 1.29 is 0 Å². The van der Waals surface area contributed by atoms with Crippen molar-refractivity contribution >= 4 is 17.1 Å². The molecule has 1 heteroatoms. The van der Waals surface area contributed by atoms with Crippen LogP contribution in [0.4, 0.5) is 17.1 Å². The lowest BCUT2D eigenvalue weighted by Crippen LogP contribution is -2.44. The van der Waals surface area contributed by atoms with Crippen LogP contribution in [-0.4, -0.2) is 0 Å². The second-order valence-electron chi connectivity index (χ2n) is 16.8. The van der Waals surface area contributed by atoms with E-state index in [2.05, 4.69) is 266 Å². The van der Waals surface area contributed by atoms with Crippen LogP contribution < -0.4 is 4.90 Å². The first-order valence-electron chi connectivity index (χ1n) is 21.9. The van der Waals surface area contributed by atoms with Gasteiger partial charge in [0.15, 0.2) is 0 Å². The lowest BCUT2D eigenvalue weighted by molar-refractivity contribution is 0.624. The highest BCUT2D eigenvalue weighted by molar-refractivity contribution is 5.92. The fourth-order valence-corrected chi connectivity index (χ4v) is 11.1. The topological polar surface area (TPSA) is 3.24 Å². The Morgan fingerprint density at radius 1 is 0.222 bits per heavy atom. The predicted molar refractivity (Wildman–Crippen MR) is 261 cm³/mol. The van der Waals surface area contributed by atoms with Crippen molar-refractivity contribution in [2.45, 2.75) is 10.8 Å². The summed E-state index contributed by atoms with van der Waals surface area (Å²) in [5.74, 6) is 0. The third-order valence-electron chi connectivity index (χ3n) is 13.6. The van der Waals surface area contributed by atoms with Gasteiger partial charge in [-0.05, 0) is 126 Å². The van der Waals surface area contributed by atoms with Crippen LogP contribution in [0, 0.1) is 0 Å². The molecule has 0 bridgehead atoms. The van der Waals surface area contributed by atoms with Crippen molar-refractivity contribution in [1.82, 2.24) is 0 Å². The molecule has 0 aliphatic heterocycles. The van der Waals surface area contributed by atoms with E-state index in [1.165, 1.54) is 77.9 Å². The largest absolute Gasteiger partial charge is 0.310 e. The first-order valence-corrected chi connectivity index (χ1v) is 21.9. The summed E-state index contributed by atoms with van der Waals surface area (Å²) in [5.41, 5.74) is 20.1. The molecule has 10 aromatic carbocycles. The molecule has 0 atom stereocenters. The van der Waals surface area contributed by atoms with E-state index in [4.69, 9.17) is 0 Å². The molecule has 0 aromatic heterocycles. The monoisotopic (exact) mass is 801 g/mol. The van der Waals surface area contributed by atoms with E-state index in [9.17, 15) is 0 Å². The molecule has 0 heterocycles. The van der Waals surface area contributed by atoms with E-state index in [0.717, 1.165) is 17.1 Å². The normalized spacial score (nSPS) is 13.7. The Bertz CT molecular complexity index is 3150. The molecule has 0 amide bonds. The van der Waals surface area contributed by atoms with Gasteiger partial charge in [-0.1, -0.05) is 212 Å². The molecule has 0 saturated carbocycles. The van der Waals surface area contributed by atoms with E-state index in [0.29, 0.717) is 0 Å². The summed E-state index contributed by atoms with van der Waals surface area (Å²) >= 11 is 0. The minimum atomic E-state index is -0.549. The molecule has 12 rings (SSSR count). The van der Waals surface area contributed by atoms with Gasteiger partial charge < -0.3 is 4.90 Å². The zero-order valence-corrected chi connectivity index (χ0v) is 34.8. The molecule has 1 nitrogen and oxygen atoms in total. The Hall–Kier alpha value is -8.00. The van der Waals surface area contributed by atoms with E-state index >= 15 is 0 Å². The van der Waals surface area contributed by atoms with Gasteiger partial charge in [-0.3, -0.25) is 0 Å². The van der Waals surface area contributed by atoms with Gasteiger partial charge >= 0.3 is 0 Å². The summed E-state index contributed by atoms with van der Waals surface area (Å²) in [7, 11) is 0. The molecule has 2 aliphatic carbocycles. The molecule has 63 heavy (non-hydrogen) atoms. The molecule has 10 aromatic rings. The summed E-state index contributed by atoms with van der Waals surface area (Å²) < 4.78 is 0. The van der Waals surface area contributed by atoms with Crippen molar-refractivity contribution in [3.05, 3.63) is 305 Å². The van der Waals surface area contributed by atoms with Crippen molar-refractivity contribution in [3.63, 3.8) is 0 Å². The molecule has 0 saturated heterocycles. The van der Waals surface area contributed by atoms with Crippen LogP contribution in [-0.2, 0) is 10.8 Å². The number of hydrogen-bond acceptors (Lipinski definition) is 1. The van der Waals surface area contributed by atoms with Crippen LogP contribution >= 0.6 is 0 Å². The lowest BCUT2D eigenvalue weighted by atomic mass is 9.51. The molecule has 296 valence electrons. The Kier molecular flexibility index (Phi) is 8.69. The van der Waals surface area contributed by atoms with Crippen molar-refractivity contribution in [2.24, 2.45) is 0 Å². The predicted octanol–water partition coefficient (Wildman–Crippen LogP) is 15.5. The summed E-state index contributed by atoms with van der Waals surface area (Å²) in [6.07, 6.45) is 0. The summed E-state index contributed by atoms with van der Waals surface area (Å²) in [4.78, 5) is 2.33. The van der Waals surface area contributed by atoms with E-state index in [1.807, 2.05) is 0 Å². The van der Waals surface area contributed by atoms with Crippen LogP contribution in [0.1, 0.15) is 44.5 Å². The molecule has 2 aliphatic rings. The van der Waals surface area contributed by atoms with Crippen LogP contribution in [0.15, 0.2) is 261 Å². The summed E-state index contributed by atoms with van der Waals surface area (Å²) in [6.45, 7) is 0. The van der Waals surface area contributed by atoms with Crippen LogP contribution in [0.3, 0.4) is 0 Å². The Labute approximate surface area is 369 Å². The van der Waals surface area contributed by atoms with Gasteiger partial charge in [0.1, 0.15) is 0 Å². The fraction of sp³-hybridized carbons (Fsp3) is 0.0323. The molecule has 0 N–H and O–H groups in total. The highest BCUT2D eigenvalue weighted by atomic mass is 15.1. The molecule has 1 spiro atoms. The first-order chi connectivity index (χ1) is 31.3. The van der Waals surface area contributed by atoms with Gasteiger partial charge in [-0.2, -0.15) is 0 Å². The first kappa shape index (κ1) is 36.8. The third-order valence-corrected chi connectivity index (χ3v) is 13.6. The zero-order valence-electron chi connectivity index (χ0n) is 34.8. The molecule has 0 fully saturated rings. The van der Waals surface area contributed by atoms with Gasteiger partial charge in [0.2, 0.25) is 0 Å². The molecule has 0 radical (unpaired) electrons. The second-order valence-corrected chi connectivity index (χ2v) is 16.8. The quantitative estimate of drug-likeness (QED) is 0.155. The number of hydrogen-bond donors (Lipinski definition) is 0. The number of para-hydroxylation sites is 2. The summed E-state index contributed by atoms with van der Waals surface area (Å²) in [5, 5.41) is 0. The minimum Gasteiger partial charge on any atom is -0.310 e. The fourth-order valence-electron chi connectivity index (χ4n) is 11.1. The Morgan fingerprint density at radius 2 is 0.603 bits per heavy atom.